The van der Waals surface area contributed by atoms with E-state index in [2.05, 4.69) is 42.5 Å². The minimum atomic E-state index is 0.848. The second-order valence-corrected chi connectivity index (χ2v) is 7.51. The fraction of sp³-hybridized carbons (Fsp3) is 0.105. The van der Waals surface area contributed by atoms with Gasteiger partial charge in [0.05, 0.1) is 16.8 Å². The molecule has 2 aromatic carbocycles. The number of thiazole rings is 1. The van der Waals surface area contributed by atoms with Crippen LogP contribution in [-0.4, -0.2) is 12.1 Å². The molecule has 0 bridgehead atoms. The van der Waals surface area contributed by atoms with Crippen LogP contribution in [0.4, 0.5) is 0 Å². The minimum absolute atomic E-state index is 0.848. The number of hydrogen-bond donors (Lipinski definition) is 0. The Morgan fingerprint density at radius 2 is 1.78 bits per heavy atom. The second-order valence-electron chi connectivity index (χ2n) is 5.22. The third-order valence-corrected chi connectivity index (χ3v) is 5.85. The molecule has 4 rings (SSSR count). The number of nitrogens with zero attached hydrogens (tertiary/aromatic N) is 1. The first kappa shape index (κ1) is 14.4. The Hall–Kier alpha value is -2.17. The van der Waals surface area contributed by atoms with Crippen molar-refractivity contribution in [2.45, 2.75) is 6.42 Å². The van der Waals surface area contributed by atoms with Crippen LogP contribution in [-0.2, 0) is 6.42 Å². The summed E-state index contributed by atoms with van der Waals surface area (Å²) in [6.07, 6.45) is 0.875. The van der Waals surface area contributed by atoms with Gasteiger partial charge in [-0.05, 0) is 29.8 Å². The molecule has 0 aliphatic rings. The number of hydrogen-bond acceptors (Lipinski definition) is 4. The lowest BCUT2D eigenvalue weighted by molar-refractivity contribution is 0.419. The Labute approximate surface area is 143 Å². The van der Waals surface area contributed by atoms with Gasteiger partial charge in [0, 0.05) is 16.2 Å². The Balaban J connectivity index is 1.63. The number of benzene rings is 2. The summed E-state index contributed by atoms with van der Waals surface area (Å²) >= 11 is 3.58. The van der Waals surface area contributed by atoms with Gasteiger partial charge >= 0.3 is 0 Å². The lowest BCUT2D eigenvalue weighted by Crippen LogP contribution is -1.85. The zero-order chi connectivity index (χ0) is 15.6. The molecule has 0 aliphatic carbocycles. The zero-order valence-electron chi connectivity index (χ0n) is 12.7. The first-order chi connectivity index (χ1) is 11.3. The Morgan fingerprint density at radius 3 is 2.61 bits per heavy atom. The van der Waals surface area contributed by atoms with Crippen LogP contribution in [0, 0.1) is 0 Å². The minimum Gasteiger partial charge on any atom is -0.494 e. The highest BCUT2D eigenvalue weighted by Gasteiger charge is 2.10. The molecule has 4 heteroatoms. The van der Waals surface area contributed by atoms with Crippen molar-refractivity contribution in [1.29, 1.82) is 0 Å². The van der Waals surface area contributed by atoms with Crippen LogP contribution in [0.2, 0.25) is 0 Å². The molecule has 0 fully saturated rings. The smallest absolute Gasteiger partial charge is 0.145 e. The molecule has 0 N–H and O–H groups in total. The van der Waals surface area contributed by atoms with E-state index in [1.807, 2.05) is 29.5 Å². The third kappa shape index (κ3) is 2.87. The molecule has 2 heterocycles. The maximum absolute atomic E-state index is 5.40. The number of rotatable bonds is 4. The van der Waals surface area contributed by atoms with E-state index in [9.17, 15) is 0 Å². The summed E-state index contributed by atoms with van der Waals surface area (Å²) in [7, 11) is 1.69. The summed E-state index contributed by atoms with van der Waals surface area (Å²) < 4.78 is 6.58. The monoisotopic (exact) mass is 337 g/mol. The summed E-state index contributed by atoms with van der Waals surface area (Å²) in [5.41, 5.74) is 2.24. The molecule has 0 aliphatic heterocycles. The fourth-order valence-electron chi connectivity index (χ4n) is 2.59. The summed E-state index contributed by atoms with van der Waals surface area (Å²) in [5, 5.41) is 1.13. The van der Waals surface area contributed by atoms with Gasteiger partial charge in [-0.1, -0.05) is 36.4 Å². The van der Waals surface area contributed by atoms with Crippen LogP contribution >= 0.6 is 22.7 Å². The number of ether oxygens (including phenoxy) is 1. The van der Waals surface area contributed by atoms with Gasteiger partial charge in [0.2, 0.25) is 0 Å². The zero-order valence-corrected chi connectivity index (χ0v) is 14.3. The van der Waals surface area contributed by atoms with E-state index in [-0.39, 0.29) is 0 Å². The quantitative estimate of drug-likeness (QED) is 0.482. The maximum atomic E-state index is 5.40. The molecule has 4 aromatic rings. The first-order valence-corrected chi connectivity index (χ1v) is 9.03. The van der Waals surface area contributed by atoms with Gasteiger partial charge in [-0.25, -0.2) is 4.98 Å². The summed E-state index contributed by atoms with van der Waals surface area (Å²) in [5.74, 6) is 0.848. The van der Waals surface area contributed by atoms with E-state index < -0.39 is 0 Å². The standard InChI is InChI=1S/C19H15NOS2/c1-21-15-8-5-9-17-19(15)20-18(23-17)12-14-10-11-16(22-14)13-6-3-2-4-7-13/h2-11H,12H2,1H3. The van der Waals surface area contributed by atoms with Gasteiger partial charge in [-0.3, -0.25) is 0 Å². The van der Waals surface area contributed by atoms with Crippen LogP contribution < -0.4 is 4.74 Å². The Bertz CT molecular complexity index is 940. The average molecular weight is 337 g/mol. The van der Waals surface area contributed by atoms with Crippen molar-refractivity contribution < 1.29 is 4.74 Å². The van der Waals surface area contributed by atoms with Gasteiger partial charge in [-0.2, -0.15) is 0 Å². The lowest BCUT2D eigenvalue weighted by Gasteiger charge is -1.98. The lowest BCUT2D eigenvalue weighted by atomic mass is 10.2. The third-order valence-electron chi connectivity index (χ3n) is 3.69. The van der Waals surface area contributed by atoms with Gasteiger partial charge in [0.1, 0.15) is 11.3 Å². The molecule has 23 heavy (non-hydrogen) atoms. The Kier molecular flexibility index (Phi) is 3.85. The summed E-state index contributed by atoms with van der Waals surface area (Å²) in [4.78, 5) is 7.40. The molecule has 2 nitrogen and oxygen atoms in total. The van der Waals surface area contributed by atoms with E-state index in [4.69, 9.17) is 9.72 Å². The molecular formula is C19H15NOS2. The maximum Gasteiger partial charge on any atom is 0.145 e. The van der Waals surface area contributed by atoms with Crippen LogP contribution in [0.25, 0.3) is 20.7 Å². The van der Waals surface area contributed by atoms with Gasteiger partial charge < -0.3 is 4.74 Å². The normalized spacial score (nSPS) is 11.0. The number of para-hydroxylation sites is 1. The van der Waals surface area contributed by atoms with Crippen molar-refractivity contribution in [2.24, 2.45) is 0 Å². The molecule has 114 valence electrons. The van der Waals surface area contributed by atoms with E-state index in [1.54, 1.807) is 18.4 Å². The fourth-order valence-corrected chi connectivity index (χ4v) is 4.71. The van der Waals surface area contributed by atoms with Gasteiger partial charge in [0.15, 0.2) is 0 Å². The predicted octanol–water partition coefficient (Wildman–Crippen LogP) is 5.62. The van der Waals surface area contributed by atoms with Crippen molar-refractivity contribution in [1.82, 2.24) is 4.98 Å². The van der Waals surface area contributed by atoms with Gasteiger partial charge in [0.25, 0.3) is 0 Å². The number of methoxy groups -OCH3 is 1. The summed E-state index contributed by atoms with van der Waals surface area (Å²) in [6, 6.07) is 21.0. The highest BCUT2D eigenvalue weighted by atomic mass is 32.1. The van der Waals surface area contributed by atoms with Crippen LogP contribution in [0.1, 0.15) is 9.88 Å². The molecule has 0 spiro atoms. The molecule has 2 aromatic heterocycles. The number of thiophene rings is 1. The van der Waals surface area contributed by atoms with Crippen molar-refractivity contribution in [3.05, 3.63) is 70.5 Å². The molecule has 0 unspecified atom stereocenters. The highest BCUT2D eigenvalue weighted by Crippen LogP contribution is 2.33. The van der Waals surface area contributed by atoms with Crippen LogP contribution in [0.15, 0.2) is 60.7 Å². The number of fused-ring (bicyclic) bond motifs is 1. The second kappa shape index (κ2) is 6.14. The SMILES string of the molecule is COc1cccc2sc(Cc3ccc(-c4ccccc4)s3)nc12. The Morgan fingerprint density at radius 1 is 0.913 bits per heavy atom. The van der Waals surface area contributed by atoms with Crippen molar-refractivity contribution in [3.63, 3.8) is 0 Å². The van der Waals surface area contributed by atoms with Gasteiger partial charge in [-0.15, -0.1) is 22.7 Å². The summed E-state index contributed by atoms with van der Waals surface area (Å²) in [6.45, 7) is 0. The van der Waals surface area contributed by atoms with Crippen molar-refractivity contribution in [2.75, 3.05) is 7.11 Å². The molecular weight excluding hydrogens is 322 g/mol. The predicted molar refractivity (Wildman–Crippen MR) is 98.7 cm³/mol. The van der Waals surface area contributed by atoms with Crippen LogP contribution in [0.3, 0.4) is 0 Å². The first-order valence-electron chi connectivity index (χ1n) is 7.40. The van der Waals surface area contributed by atoms with E-state index in [0.717, 1.165) is 22.7 Å². The molecule has 0 saturated carbocycles. The molecule has 0 saturated heterocycles. The van der Waals surface area contributed by atoms with Crippen molar-refractivity contribution >= 4 is 32.9 Å². The molecule has 0 amide bonds. The molecule has 0 radical (unpaired) electrons. The number of aromatic nitrogens is 1. The average Bonchev–Trinajstić information content (AvgIpc) is 3.22. The topological polar surface area (TPSA) is 22.1 Å². The highest BCUT2D eigenvalue weighted by molar-refractivity contribution is 7.19. The van der Waals surface area contributed by atoms with E-state index in [1.165, 1.54) is 20.0 Å². The largest absolute Gasteiger partial charge is 0.494 e. The van der Waals surface area contributed by atoms with E-state index >= 15 is 0 Å². The van der Waals surface area contributed by atoms with E-state index in [0.29, 0.717) is 0 Å². The van der Waals surface area contributed by atoms with Crippen molar-refractivity contribution in [3.8, 4) is 16.2 Å². The molecule has 0 atom stereocenters. The van der Waals surface area contributed by atoms with Crippen LogP contribution in [0.5, 0.6) is 5.75 Å².